The number of aromatic nitrogens is 4. The van der Waals surface area contributed by atoms with E-state index in [2.05, 4.69) is 26.2 Å². The van der Waals surface area contributed by atoms with Crippen molar-refractivity contribution in [3.05, 3.63) is 59.9 Å². The van der Waals surface area contributed by atoms with Gasteiger partial charge in [-0.25, -0.2) is 9.48 Å². The van der Waals surface area contributed by atoms with Gasteiger partial charge in [-0.05, 0) is 41.1 Å². The molecule has 0 aliphatic heterocycles. The molecular formula is C17H18N6O2. The van der Waals surface area contributed by atoms with E-state index in [1.165, 1.54) is 11.0 Å². The lowest BCUT2D eigenvalue weighted by molar-refractivity contribution is 0.251. The van der Waals surface area contributed by atoms with Gasteiger partial charge in [0.1, 0.15) is 12.1 Å². The number of hydrogen-bond donors (Lipinski definition) is 2. The number of anilines is 1. The number of aryl methyl sites for hydroxylation is 1. The fourth-order valence-electron chi connectivity index (χ4n) is 2.36. The van der Waals surface area contributed by atoms with E-state index in [9.17, 15) is 4.79 Å². The van der Waals surface area contributed by atoms with Gasteiger partial charge >= 0.3 is 6.03 Å². The first-order valence-corrected chi connectivity index (χ1v) is 7.68. The molecule has 128 valence electrons. The molecule has 0 unspecified atom stereocenters. The number of nitrogens with zero attached hydrogens (tertiary/aromatic N) is 4. The summed E-state index contributed by atoms with van der Waals surface area (Å²) in [4.78, 5) is 12.2. The van der Waals surface area contributed by atoms with Crippen LogP contribution in [0.15, 0.2) is 48.8 Å². The molecule has 2 N–H and O–H groups in total. The maximum atomic E-state index is 12.2. The van der Waals surface area contributed by atoms with Crippen molar-refractivity contribution in [2.45, 2.75) is 13.5 Å². The van der Waals surface area contributed by atoms with Gasteiger partial charge in [0, 0.05) is 17.8 Å². The number of nitrogens with one attached hydrogen (secondary N) is 2. The maximum absolute atomic E-state index is 12.2. The highest BCUT2D eigenvalue weighted by Crippen LogP contribution is 2.19. The van der Waals surface area contributed by atoms with Gasteiger partial charge in [0.25, 0.3) is 0 Å². The Morgan fingerprint density at radius 1 is 1.24 bits per heavy atom. The fraction of sp³-hybridized carbons (Fsp3) is 0.176. The van der Waals surface area contributed by atoms with E-state index in [0.29, 0.717) is 12.2 Å². The van der Waals surface area contributed by atoms with Crippen molar-refractivity contribution in [3.63, 3.8) is 0 Å². The van der Waals surface area contributed by atoms with Crippen LogP contribution in [0.3, 0.4) is 0 Å². The van der Waals surface area contributed by atoms with Crippen LogP contribution < -0.4 is 15.4 Å². The average molecular weight is 338 g/mol. The molecule has 0 aliphatic rings. The first kappa shape index (κ1) is 16.4. The van der Waals surface area contributed by atoms with Crippen molar-refractivity contribution in [1.82, 2.24) is 25.5 Å². The molecular weight excluding hydrogens is 320 g/mol. The van der Waals surface area contributed by atoms with E-state index in [-0.39, 0.29) is 6.03 Å². The highest BCUT2D eigenvalue weighted by Gasteiger charge is 2.08. The van der Waals surface area contributed by atoms with E-state index in [0.717, 1.165) is 22.6 Å². The molecule has 0 saturated heterocycles. The summed E-state index contributed by atoms with van der Waals surface area (Å²) in [5.74, 6) is 0.736. The number of amides is 2. The number of hydrogen-bond acceptors (Lipinski definition) is 5. The molecule has 25 heavy (non-hydrogen) atoms. The lowest BCUT2D eigenvalue weighted by Gasteiger charge is -2.12. The summed E-state index contributed by atoms with van der Waals surface area (Å²) in [5, 5.41) is 16.7. The zero-order chi connectivity index (χ0) is 17.6. The summed E-state index contributed by atoms with van der Waals surface area (Å²) in [6.07, 6.45) is 1.50. The van der Waals surface area contributed by atoms with Crippen LogP contribution >= 0.6 is 0 Å². The summed E-state index contributed by atoms with van der Waals surface area (Å²) < 4.78 is 6.80. The summed E-state index contributed by atoms with van der Waals surface area (Å²) in [6.45, 7) is 2.28. The minimum absolute atomic E-state index is 0.303. The number of benzene rings is 2. The number of carbonyl (C=O) groups excluding carboxylic acids is 1. The molecule has 2 amide bonds. The van der Waals surface area contributed by atoms with Gasteiger partial charge in [0.15, 0.2) is 0 Å². The zero-order valence-corrected chi connectivity index (χ0v) is 13.9. The van der Waals surface area contributed by atoms with Crippen molar-refractivity contribution >= 4 is 11.7 Å². The van der Waals surface area contributed by atoms with Crippen molar-refractivity contribution in [1.29, 1.82) is 0 Å². The topological polar surface area (TPSA) is 94.0 Å². The Balaban J connectivity index is 1.67. The van der Waals surface area contributed by atoms with Crippen molar-refractivity contribution < 1.29 is 9.53 Å². The third-order valence-corrected chi connectivity index (χ3v) is 3.71. The van der Waals surface area contributed by atoms with Gasteiger partial charge in [0.2, 0.25) is 0 Å². The minimum atomic E-state index is -0.303. The monoisotopic (exact) mass is 338 g/mol. The summed E-state index contributed by atoms with van der Waals surface area (Å²) in [7, 11) is 1.60. The molecule has 8 heteroatoms. The molecule has 1 aromatic heterocycles. The molecule has 3 aromatic rings. The Labute approximate surface area is 144 Å². The molecule has 0 saturated carbocycles. The SMILES string of the molecule is COc1ccccc1CNC(=O)Nc1cc(-n2cnnn2)ccc1C. The molecule has 0 atom stereocenters. The summed E-state index contributed by atoms with van der Waals surface area (Å²) >= 11 is 0. The second-order valence-electron chi connectivity index (χ2n) is 5.37. The lowest BCUT2D eigenvalue weighted by Crippen LogP contribution is -2.28. The Bertz CT molecular complexity index is 863. The molecule has 1 heterocycles. The van der Waals surface area contributed by atoms with Gasteiger partial charge in [-0.1, -0.05) is 24.3 Å². The first-order valence-electron chi connectivity index (χ1n) is 7.68. The molecule has 0 bridgehead atoms. The van der Waals surface area contributed by atoms with Crippen LogP contribution in [0.2, 0.25) is 0 Å². The number of ether oxygens (including phenoxy) is 1. The Morgan fingerprint density at radius 2 is 2.08 bits per heavy atom. The van der Waals surface area contributed by atoms with E-state index in [4.69, 9.17) is 4.74 Å². The second-order valence-corrected chi connectivity index (χ2v) is 5.37. The van der Waals surface area contributed by atoms with Gasteiger partial charge in [-0.2, -0.15) is 0 Å². The predicted octanol–water partition coefficient (Wildman–Crippen LogP) is 2.30. The molecule has 2 aromatic carbocycles. The molecule has 0 radical (unpaired) electrons. The number of urea groups is 1. The number of para-hydroxylation sites is 1. The van der Waals surface area contributed by atoms with Gasteiger partial charge in [0.05, 0.1) is 12.8 Å². The Hall–Kier alpha value is -3.42. The van der Waals surface area contributed by atoms with Gasteiger partial charge in [-0.3, -0.25) is 0 Å². The van der Waals surface area contributed by atoms with E-state index in [1.54, 1.807) is 7.11 Å². The predicted molar refractivity (Wildman–Crippen MR) is 92.7 cm³/mol. The molecule has 3 rings (SSSR count). The van der Waals surface area contributed by atoms with Gasteiger partial charge < -0.3 is 15.4 Å². The van der Waals surface area contributed by atoms with Crippen LogP contribution in [-0.2, 0) is 6.54 Å². The largest absolute Gasteiger partial charge is 0.496 e. The average Bonchev–Trinajstić information content (AvgIpc) is 3.16. The fourth-order valence-corrected chi connectivity index (χ4v) is 2.36. The Morgan fingerprint density at radius 3 is 2.84 bits per heavy atom. The third kappa shape index (κ3) is 3.92. The number of carbonyl (C=O) groups is 1. The zero-order valence-electron chi connectivity index (χ0n) is 13.9. The minimum Gasteiger partial charge on any atom is -0.496 e. The second kappa shape index (κ2) is 7.43. The number of tetrazole rings is 1. The molecule has 0 fully saturated rings. The maximum Gasteiger partial charge on any atom is 0.319 e. The van der Waals surface area contributed by atoms with E-state index in [1.807, 2.05) is 49.4 Å². The smallest absolute Gasteiger partial charge is 0.319 e. The molecule has 8 nitrogen and oxygen atoms in total. The van der Waals surface area contributed by atoms with Crippen molar-refractivity contribution in [2.75, 3.05) is 12.4 Å². The van der Waals surface area contributed by atoms with E-state index >= 15 is 0 Å². The van der Waals surface area contributed by atoms with Crippen LogP contribution in [0.1, 0.15) is 11.1 Å². The normalized spacial score (nSPS) is 10.3. The highest BCUT2D eigenvalue weighted by molar-refractivity contribution is 5.90. The van der Waals surface area contributed by atoms with Gasteiger partial charge in [-0.15, -0.1) is 5.10 Å². The van der Waals surface area contributed by atoms with Crippen molar-refractivity contribution in [2.24, 2.45) is 0 Å². The molecule has 0 spiro atoms. The lowest BCUT2D eigenvalue weighted by atomic mass is 10.2. The number of methoxy groups -OCH3 is 1. The summed E-state index contributed by atoms with van der Waals surface area (Å²) in [5.41, 5.74) is 3.28. The van der Waals surface area contributed by atoms with E-state index < -0.39 is 0 Å². The number of rotatable bonds is 5. The van der Waals surface area contributed by atoms with Crippen LogP contribution in [0.25, 0.3) is 5.69 Å². The summed E-state index contributed by atoms with van der Waals surface area (Å²) in [6, 6.07) is 12.8. The van der Waals surface area contributed by atoms with Crippen LogP contribution in [0.5, 0.6) is 5.75 Å². The Kier molecular flexibility index (Phi) is 4.89. The van der Waals surface area contributed by atoms with Crippen molar-refractivity contribution in [3.8, 4) is 11.4 Å². The third-order valence-electron chi connectivity index (χ3n) is 3.71. The molecule has 0 aliphatic carbocycles. The standard InChI is InChI=1S/C17H18N6O2/c1-12-7-8-14(23-11-19-21-22-23)9-15(12)20-17(24)18-10-13-5-3-4-6-16(13)25-2/h3-9,11H,10H2,1-2H3,(H2,18,20,24). The van der Waals surface area contributed by atoms with Crippen LogP contribution in [0, 0.1) is 6.92 Å². The van der Waals surface area contributed by atoms with Crippen LogP contribution in [-0.4, -0.2) is 33.3 Å². The quantitative estimate of drug-likeness (QED) is 0.744. The first-order chi connectivity index (χ1) is 12.2. The highest BCUT2D eigenvalue weighted by atomic mass is 16.5. The van der Waals surface area contributed by atoms with Crippen LogP contribution in [0.4, 0.5) is 10.5 Å².